The van der Waals surface area contributed by atoms with E-state index in [1.807, 2.05) is 12.1 Å². The summed E-state index contributed by atoms with van der Waals surface area (Å²) in [7, 11) is 0. The van der Waals surface area contributed by atoms with Crippen LogP contribution in [0.3, 0.4) is 0 Å². The second kappa shape index (κ2) is 9.07. The van der Waals surface area contributed by atoms with E-state index in [-0.39, 0.29) is 17.8 Å². The summed E-state index contributed by atoms with van der Waals surface area (Å²) in [6.45, 7) is 7.71. The molecule has 3 atom stereocenters. The Bertz CT molecular complexity index is 835. The van der Waals surface area contributed by atoms with Gasteiger partial charge in [-0.1, -0.05) is 43.2 Å². The first-order chi connectivity index (χ1) is 14.6. The molecule has 0 spiro atoms. The fourth-order valence-corrected chi connectivity index (χ4v) is 5.68. The Balaban J connectivity index is 1.67. The van der Waals surface area contributed by atoms with Gasteiger partial charge in [-0.15, -0.1) is 0 Å². The Kier molecular flexibility index (Phi) is 6.45. The van der Waals surface area contributed by atoms with E-state index in [9.17, 15) is 9.50 Å². The molecule has 2 aromatic carbocycles. The van der Waals surface area contributed by atoms with Crippen LogP contribution in [0.15, 0.2) is 48.5 Å². The predicted molar refractivity (Wildman–Crippen MR) is 121 cm³/mol. The highest BCUT2D eigenvalue weighted by molar-refractivity contribution is 5.48. The molecule has 2 aliphatic rings. The van der Waals surface area contributed by atoms with Gasteiger partial charge in [0, 0.05) is 49.4 Å². The second-order valence-corrected chi connectivity index (χ2v) is 8.98. The van der Waals surface area contributed by atoms with E-state index in [0.29, 0.717) is 6.54 Å². The van der Waals surface area contributed by atoms with E-state index < -0.39 is 5.60 Å². The molecule has 0 unspecified atom stereocenters. The molecule has 4 rings (SSSR count). The first-order valence-corrected chi connectivity index (χ1v) is 11.6. The van der Waals surface area contributed by atoms with E-state index in [1.54, 1.807) is 12.1 Å². The lowest BCUT2D eigenvalue weighted by molar-refractivity contribution is -0.126. The van der Waals surface area contributed by atoms with Crippen LogP contribution in [0.2, 0.25) is 0 Å². The van der Waals surface area contributed by atoms with Gasteiger partial charge >= 0.3 is 0 Å². The molecule has 4 heteroatoms. The van der Waals surface area contributed by atoms with Gasteiger partial charge in [0.25, 0.3) is 0 Å². The maximum Gasteiger partial charge on any atom is 0.127 e. The van der Waals surface area contributed by atoms with Crippen molar-refractivity contribution in [3.63, 3.8) is 0 Å². The number of nitrogens with zero attached hydrogens (tertiary/aromatic N) is 2. The quantitative estimate of drug-likeness (QED) is 0.677. The molecule has 2 aromatic rings. The Hall–Kier alpha value is -1.91. The number of aliphatic hydroxyl groups is 1. The van der Waals surface area contributed by atoms with E-state index in [4.69, 9.17) is 0 Å². The highest BCUT2D eigenvalue weighted by Crippen LogP contribution is 2.49. The van der Waals surface area contributed by atoms with Gasteiger partial charge in [-0.25, -0.2) is 4.39 Å². The number of anilines is 1. The standard InChI is InChI=1S/C26H35FN2O/c1-3-28(4-2)22-14-12-20(13-15-22)25-23-10-7-8-16-26(23,30)17-18-29(25)19-21-9-5-6-11-24(21)27/h5-6,9,11-15,23,25,30H,3-4,7-8,10,16-19H2,1-2H3/t23-,25-,26+/m1/s1. The summed E-state index contributed by atoms with van der Waals surface area (Å²) >= 11 is 0. The van der Waals surface area contributed by atoms with Gasteiger partial charge < -0.3 is 10.0 Å². The first kappa shape index (κ1) is 21.3. The molecule has 3 nitrogen and oxygen atoms in total. The molecule has 1 saturated heterocycles. The molecular formula is C26H35FN2O. The summed E-state index contributed by atoms with van der Waals surface area (Å²) < 4.78 is 14.4. The molecule has 30 heavy (non-hydrogen) atoms. The second-order valence-electron chi connectivity index (χ2n) is 8.98. The Labute approximate surface area is 180 Å². The van der Waals surface area contributed by atoms with Gasteiger partial charge in [0.05, 0.1) is 5.60 Å². The highest BCUT2D eigenvalue weighted by Gasteiger charge is 2.48. The largest absolute Gasteiger partial charge is 0.389 e. The molecule has 1 aliphatic heterocycles. The number of rotatable bonds is 6. The SMILES string of the molecule is CCN(CC)c1ccc([C@@H]2[C@H]3CCCC[C@]3(O)CCN2Cc2ccccc2F)cc1. The number of hydrogen-bond acceptors (Lipinski definition) is 3. The van der Waals surface area contributed by atoms with Crippen molar-refractivity contribution in [1.82, 2.24) is 4.90 Å². The summed E-state index contributed by atoms with van der Waals surface area (Å²) in [5, 5.41) is 11.5. The van der Waals surface area contributed by atoms with Gasteiger partial charge in [-0.05, 0) is 56.9 Å². The average Bonchev–Trinajstić information content (AvgIpc) is 2.77. The van der Waals surface area contributed by atoms with Crippen LogP contribution in [0, 0.1) is 11.7 Å². The van der Waals surface area contributed by atoms with Gasteiger partial charge in [-0.2, -0.15) is 0 Å². The average molecular weight is 411 g/mol. The van der Waals surface area contributed by atoms with Crippen molar-refractivity contribution in [3.05, 3.63) is 65.5 Å². The van der Waals surface area contributed by atoms with Crippen LogP contribution in [0.4, 0.5) is 10.1 Å². The fourth-order valence-electron chi connectivity index (χ4n) is 5.68. The minimum Gasteiger partial charge on any atom is -0.389 e. The normalized spacial score (nSPS) is 26.9. The minimum absolute atomic E-state index is 0.120. The van der Waals surface area contributed by atoms with Crippen molar-refractivity contribution in [1.29, 1.82) is 0 Å². The summed E-state index contributed by atoms with van der Waals surface area (Å²) in [5.74, 6) is 0.0590. The van der Waals surface area contributed by atoms with Crippen LogP contribution < -0.4 is 4.90 Å². The maximum absolute atomic E-state index is 14.4. The molecule has 0 radical (unpaired) electrons. The molecule has 1 N–H and O–H groups in total. The van der Waals surface area contributed by atoms with E-state index in [1.165, 1.54) is 11.3 Å². The number of halogens is 1. The van der Waals surface area contributed by atoms with Crippen LogP contribution in [0.5, 0.6) is 0 Å². The molecule has 1 saturated carbocycles. The lowest BCUT2D eigenvalue weighted by Crippen LogP contribution is -2.54. The number of likely N-dealkylation sites (tertiary alicyclic amines) is 1. The summed E-state index contributed by atoms with van der Waals surface area (Å²) in [6, 6.07) is 16.1. The van der Waals surface area contributed by atoms with Crippen LogP contribution >= 0.6 is 0 Å². The van der Waals surface area contributed by atoms with Gasteiger partial charge in [0.15, 0.2) is 0 Å². The first-order valence-electron chi connectivity index (χ1n) is 11.6. The third-order valence-electron chi connectivity index (χ3n) is 7.37. The molecule has 0 aromatic heterocycles. The monoisotopic (exact) mass is 410 g/mol. The predicted octanol–water partition coefficient (Wildman–Crippen LogP) is 5.54. The van der Waals surface area contributed by atoms with Crippen molar-refractivity contribution in [2.75, 3.05) is 24.5 Å². The zero-order valence-corrected chi connectivity index (χ0v) is 18.4. The van der Waals surface area contributed by atoms with E-state index in [0.717, 1.165) is 57.3 Å². The maximum atomic E-state index is 14.4. The highest BCUT2D eigenvalue weighted by atomic mass is 19.1. The molecule has 162 valence electrons. The van der Waals surface area contributed by atoms with Crippen molar-refractivity contribution >= 4 is 5.69 Å². The van der Waals surface area contributed by atoms with Gasteiger partial charge in [0.1, 0.15) is 5.82 Å². The number of hydrogen-bond donors (Lipinski definition) is 1. The number of piperidine rings is 1. The summed E-state index contributed by atoms with van der Waals surface area (Å²) in [5.41, 5.74) is 2.63. The molecule has 0 bridgehead atoms. The third-order valence-corrected chi connectivity index (χ3v) is 7.37. The Morgan fingerprint density at radius 2 is 1.77 bits per heavy atom. The van der Waals surface area contributed by atoms with Crippen molar-refractivity contribution in [2.24, 2.45) is 5.92 Å². The zero-order chi connectivity index (χ0) is 21.1. The van der Waals surface area contributed by atoms with Crippen molar-refractivity contribution < 1.29 is 9.50 Å². The smallest absolute Gasteiger partial charge is 0.127 e. The lowest BCUT2D eigenvalue weighted by Gasteiger charge is -2.53. The third kappa shape index (κ3) is 4.13. The lowest BCUT2D eigenvalue weighted by atomic mass is 9.66. The van der Waals surface area contributed by atoms with E-state index >= 15 is 0 Å². The summed E-state index contributed by atoms with van der Waals surface area (Å²) in [6.07, 6.45) is 4.97. The fraction of sp³-hybridized carbons (Fsp3) is 0.538. The molecular weight excluding hydrogens is 375 g/mol. The van der Waals surface area contributed by atoms with Crippen LogP contribution in [-0.2, 0) is 6.54 Å². The summed E-state index contributed by atoms with van der Waals surface area (Å²) in [4.78, 5) is 4.74. The van der Waals surface area contributed by atoms with Gasteiger partial charge in [-0.3, -0.25) is 4.90 Å². The van der Waals surface area contributed by atoms with E-state index in [2.05, 4.69) is 47.9 Å². The Morgan fingerprint density at radius 1 is 1.03 bits per heavy atom. The molecule has 0 amide bonds. The Morgan fingerprint density at radius 3 is 2.47 bits per heavy atom. The molecule has 1 aliphatic carbocycles. The minimum atomic E-state index is -0.591. The molecule has 2 fully saturated rings. The van der Waals surface area contributed by atoms with Crippen LogP contribution in [0.25, 0.3) is 0 Å². The van der Waals surface area contributed by atoms with Gasteiger partial charge in [0.2, 0.25) is 0 Å². The topological polar surface area (TPSA) is 26.7 Å². The number of fused-ring (bicyclic) bond motifs is 1. The zero-order valence-electron chi connectivity index (χ0n) is 18.4. The molecule has 1 heterocycles. The van der Waals surface area contributed by atoms with Crippen LogP contribution in [0.1, 0.15) is 63.1 Å². The van der Waals surface area contributed by atoms with Crippen molar-refractivity contribution in [3.8, 4) is 0 Å². The number of benzene rings is 2. The van der Waals surface area contributed by atoms with Crippen molar-refractivity contribution in [2.45, 2.75) is 64.1 Å². The van der Waals surface area contributed by atoms with Crippen LogP contribution in [-0.4, -0.2) is 35.2 Å².